The van der Waals surface area contributed by atoms with E-state index in [-0.39, 0.29) is 5.63 Å². The molecule has 0 N–H and O–H groups in total. The predicted octanol–water partition coefficient (Wildman–Crippen LogP) is 3.90. The Morgan fingerprint density at radius 2 is 2.00 bits per heavy atom. The zero-order chi connectivity index (χ0) is 15.1. The second-order valence-corrected chi connectivity index (χ2v) is 6.05. The molecule has 0 atom stereocenters. The predicted molar refractivity (Wildman–Crippen MR) is 84.7 cm³/mol. The lowest BCUT2D eigenvalue weighted by molar-refractivity contribution is 0.466. The number of aryl methyl sites for hydroxylation is 1. The zero-order valence-electron chi connectivity index (χ0n) is 11.6. The summed E-state index contributed by atoms with van der Waals surface area (Å²) in [7, 11) is 0. The van der Waals surface area contributed by atoms with Gasteiger partial charge in [0.05, 0.1) is 5.39 Å². The van der Waals surface area contributed by atoms with Crippen LogP contribution < -0.4 is 10.4 Å². The van der Waals surface area contributed by atoms with Gasteiger partial charge in [-0.15, -0.1) is 11.3 Å². The molecule has 1 aromatic carbocycles. The Kier molecular flexibility index (Phi) is 2.90. The minimum Gasteiger partial charge on any atom is -0.438 e. The van der Waals surface area contributed by atoms with Crippen LogP contribution in [0.3, 0.4) is 0 Å². The second-order valence-electron chi connectivity index (χ2n) is 4.81. The number of hydrogen-bond acceptors (Lipinski definition) is 6. The Bertz CT molecular complexity index is 1050. The van der Waals surface area contributed by atoms with Crippen molar-refractivity contribution in [2.24, 2.45) is 0 Å². The van der Waals surface area contributed by atoms with Crippen molar-refractivity contribution in [3.05, 3.63) is 58.0 Å². The van der Waals surface area contributed by atoms with Crippen LogP contribution in [0, 0.1) is 6.92 Å². The van der Waals surface area contributed by atoms with Gasteiger partial charge < -0.3 is 9.15 Å². The molecule has 0 radical (unpaired) electrons. The van der Waals surface area contributed by atoms with E-state index in [2.05, 4.69) is 9.97 Å². The van der Waals surface area contributed by atoms with Crippen LogP contribution in [0.1, 0.15) is 4.88 Å². The summed E-state index contributed by atoms with van der Waals surface area (Å²) in [6.07, 6.45) is 1.48. The summed E-state index contributed by atoms with van der Waals surface area (Å²) in [5.41, 5.74) is 0.0966. The van der Waals surface area contributed by atoms with Crippen molar-refractivity contribution in [2.45, 2.75) is 6.92 Å². The first-order chi connectivity index (χ1) is 10.7. The van der Waals surface area contributed by atoms with Gasteiger partial charge in [0.15, 0.2) is 0 Å². The molecule has 3 heterocycles. The maximum absolute atomic E-state index is 11.3. The molecule has 6 heteroatoms. The van der Waals surface area contributed by atoms with Crippen molar-refractivity contribution in [1.29, 1.82) is 0 Å². The van der Waals surface area contributed by atoms with Crippen LogP contribution in [-0.4, -0.2) is 9.97 Å². The Balaban J connectivity index is 1.80. The highest BCUT2D eigenvalue weighted by Crippen LogP contribution is 2.32. The van der Waals surface area contributed by atoms with Crippen LogP contribution in [0.5, 0.6) is 11.6 Å². The van der Waals surface area contributed by atoms with Gasteiger partial charge in [-0.25, -0.2) is 14.8 Å². The fourth-order valence-corrected chi connectivity index (χ4v) is 3.09. The average Bonchev–Trinajstić information content (AvgIpc) is 2.88. The molecular formula is C16H10N2O3S. The van der Waals surface area contributed by atoms with Gasteiger partial charge >= 0.3 is 5.63 Å². The van der Waals surface area contributed by atoms with E-state index in [1.165, 1.54) is 12.4 Å². The summed E-state index contributed by atoms with van der Waals surface area (Å²) in [5.74, 6) is 1.05. The molecule has 0 saturated carbocycles. The minimum absolute atomic E-state index is 0.387. The van der Waals surface area contributed by atoms with Crippen molar-refractivity contribution in [3.8, 4) is 11.6 Å². The Morgan fingerprint density at radius 3 is 2.91 bits per heavy atom. The topological polar surface area (TPSA) is 65.2 Å². The normalized spacial score (nSPS) is 11.1. The molecule has 0 saturated heterocycles. The second kappa shape index (κ2) is 4.92. The molecule has 4 aromatic rings. The van der Waals surface area contributed by atoms with Gasteiger partial charge in [0, 0.05) is 22.4 Å². The standard InChI is InChI=1S/C16H10N2O3S/c1-9-6-12-15(17-8-18-16(12)22-9)20-11-4-2-10-3-5-14(19)21-13(10)7-11/h2-8H,1H3. The van der Waals surface area contributed by atoms with Gasteiger partial charge in [0.1, 0.15) is 22.5 Å². The fraction of sp³-hybridized carbons (Fsp3) is 0.0625. The van der Waals surface area contributed by atoms with Gasteiger partial charge in [-0.05, 0) is 31.2 Å². The molecular weight excluding hydrogens is 300 g/mol. The number of hydrogen-bond donors (Lipinski definition) is 0. The van der Waals surface area contributed by atoms with Crippen LogP contribution in [-0.2, 0) is 0 Å². The Labute approximate surface area is 128 Å². The highest BCUT2D eigenvalue weighted by molar-refractivity contribution is 7.18. The number of rotatable bonds is 2. The maximum Gasteiger partial charge on any atom is 0.336 e. The van der Waals surface area contributed by atoms with Crippen molar-refractivity contribution >= 4 is 32.5 Å². The van der Waals surface area contributed by atoms with E-state index >= 15 is 0 Å². The van der Waals surface area contributed by atoms with Gasteiger partial charge in [-0.3, -0.25) is 0 Å². The first kappa shape index (κ1) is 13.0. The van der Waals surface area contributed by atoms with Crippen LogP contribution in [0.25, 0.3) is 21.2 Å². The lowest BCUT2D eigenvalue weighted by Gasteiger charge is -2.06. The summed E-state index contributed by atoms with van der Waals surface area (Å²) in [4.78, 5) is 21.8. The lowest BCUT2D eigenvalue weighted by atomic mass is 10.2. The van der Waals surface area contributed by atoms with E-state index in [9.17, 15) is 4.79 Å². The Hall–Kier alpha value is -2.73. The molecule has 0 aliphatic carbocycles. The first-order valence-corrected chi connectivity index (χ1v) is 7.44. The molecule has 0 bridgehead atoms. The average molecular weight is 310 g/mol. The number of aromatic nitrogens is 2. The molecule has 0 aliphatic heterocycles. The van der Waals surface area contributed by atoms with Crippen molar-refractivity contribution in [2.75, 3.05) is 0 Å². The smallest absolute Gasteiger partial charge is 0.336 e. The third kappa shape index (κ3) is 2.23. The zero-order valence-corrected chi connectivity index (χ0v) is 12.4. The lowest BCUT2D eigenvalue weighted by Crippen LogP contribution is -1.95. The van der Waals surface area contributed by atoms with E-state index in [0.29, 0.717) is 17.2 Å². The SMILES string of the molecule is Cc1cc2c(Oc3ccc4ccc(=O)oc4c3)ncnc2s1. The van der Waals surface area contributed by atoms with Gasteiger partial charge in [0.2, 0.25) is 5.88 Å². The minimum atomic E-state index is -0.387. The summed E-state index contributed by atoms with van der Waals surface area (Å²) in [6.45, 7) is 2.01. The van der Waals surface area contributed by atoms with Gasteiger partial charge in [-0.1, -0.05) is 0 Å². The highest BCUT2D eigenvalue weighted by Gasteiger charge is 2.09. The third-order valence-electron chi connectivity index (χ3n) is 3.23. The number of ether oxygens (including phenoxy) is 1. The van der Waals surface area contributed by atoms with Crippen molar-refractivity contribution < 1.29 is 9.15 Å². The monoisotopic (exact) mass is 310 g/mol. The molecule has 5 nitrogen and oxygen atoms in total. The van der Waals surface area contributed by atoms with E-state index in [0.717, 1.165) is 20.5 Å². The maximum atomic E-state index is 11.3. The van der Waals surface area contributed by atoms with Crippen molar-refractivity contribution in [3.63, 3.8) is 0 Å². The van der Waals surface area contributed by atoms with Crippen LogP contribution >= 0.6 is 11.3 Å². The first-order valence-electron chi connectivity index (χ1n) is 6.62. The van der Waals surface area contributed by atoms with Gasteiger partial charge in [-0.2, -0.15) is 0 Å². The van der Waals surface area contributed by atoms with Crippen molar-refractivity contribution in [1.82, 2.24) is 9.97 Å². The molecule has 0 fully saturated rings. The molecule has 4 rings (SSSR count). The summed E-state index contributed by atoms with van der Waals surface area (Å²) >= 11 is 1.59. The fourth-order valence-electron chi connectivity index (χ4n) is 2.25. The van der Waals surface area contributed by atoms with Gasteiger partial charge in [0.25, 0.3) is 0 Å². The molecule has 0 amide bonds. The third-order valence-corrected chi connectivity index (χ3v) is 4.18. The quantitative estimate of drug-likeness (QED) is 0.525. The number of thiophene rings is 1. The molecule has 108 valence electrons. The highest BCUT2D eigenvalue weighted by atomic mass is 32.1. The Morgan fingerprint density at radius 1 is 1.14 bits per heavy atom. The summed E-state index contributed by atoms with van der Waals surface area (Å²) in [5, 5.41) is 1.71. The van der Waals surface area contributed by atoms with E-state index in [1.807, 2.05) is 25.1 Å². The molecule has 0 spiro atoms. The van der Waals surface area contributed by atoms with E-state index < -0.39 is 0 Å². The molecule has 0 aliphatic rings. The molecule has 0 unspecified atom stereocenters. The number of benzene rings is 1. The van der Waals surface area contributed by atoms with E-state index in [1.54, 1.807) is 23.5 Å². The summed E-state index contributed by atoms with van der Waals surface area (Å²) in [6, 6.07) is 10.4. The van der Waals surface area contributed by atoms with Crippen LogP contribution in [0.4, 0.5) is 0 Å². The largest absolute Gasteiger partial charge is 0.438 e. The number of nitrogens with zero attached hydrogens (tertiary/aromatic N) is 2. The summed E-state index contributed by atoms with van der Waals surface area (Å²) < 4.78 is 11.0. The number of fused-ring (bicyclic) bond motifs is 2. The van der Waals surface area contributed by atoms with Crippen LogP contribution in [0.2, 0.25) is 0 Å². The molecule has 3 aromatic heterocycles. The van der Waals surface area contributed by atoms with Crippen LogP contribution in [0.15, 0.2) is 51.9 Å². The van der Waals surface area contributed by atoms with E-state index in [4.69, 9.17) is 9.15 Å². The molecule has 22 heavy (non-hydrogen) atoms.